The summed E-state index contributed by atoms with van der Waals surface area (Å²) in [5, 5.41) is 29.8. The average molecular weight is 567 g/mol. The fourth-order valence-electron chi connectivity index (χ4n) is 5.54. The van der Waals surface area contributed by atoms with Crippen LogP contribution >= 0.6 is 26.8 Å². The van der Waals surface area contributed by atoms with E-state index in [1.165, 1.54) is 30.5 Å². The van der Waals surface area contributed by atoms with Crippen LogP contribution in [0.15, 0.2) is 12.3 Å². The zero-order chi connectivity index (χ0) is 26.1. The highest BCUT2D eigenvalue weighted by Crippen LogP contribution is 2.56. The first-order valence-electron chi connectivity index (χ1n) is 11.6. The standard InChI is InChI=1S/C20H29ClN4O9P2/c1-11(9-33-36(31,32)10-35(28,29)30)16(26)20(27)17(34-20)14-8-22-18-13(6-15(21)24-25(14)18)23-19-4-2-12(7-19)3-5-19/h6,8,11-12,16-17,23,26-27H,2-5,7,9-10H2,1H3,(H,31,32)(H2,28,29,30)/t11-,12?,16+,17+,19?,20-/m1/s1. The molecule has 5 atom stereocenters. The third-order valence-corrected chi connectivity index (χ3v) is 11.0. The van der Waals surface area contributed by atoms with Crippen molar-refractivity contribution in [3.05, 3.63) is 23.1 Å². The molecule has 1 aliphatic heterocycles. The molecule has 16 heteroatoms. The largest absolute Gasteiger partial charge is 0.387 e. The Morgan fingerprint density at radius 2 is 2.03 bits per heavy atom. The van der Waals surface area contributed by atoms with Gasteiger partial charge in [0.05, 0.1) is 24.2 Å². The van der Waals surface area contributed by atoms with Crippen LogP contribution in [0.25, 0.3) is 5.65 Å². The lowest BCUT2D eigenvalue weighted by atomic mass is 9.93. The van der Waals surface area contributed by atoms with Gasteiger partial charge in [0.25, 0.3) is 0 Å². The van der Waals surface area contributed by atoms with Crippen molar-refractivity contribution >= 4 is 38.1 Å². The van der Waals surface area contributed by atoms with E-state index in [9.17, 15) is 24.2 Å². The number of fused-ring (bicyclic) bond motifs is 3. The maximum atomic E-state index is 11.9. The maximum absolute atomic E-state index is 11.9. The van der Waals surface area contributed by atoms with Crippen LogP contribution in [0.2, 0.25) is 5.15 Å². The highest BCUT2D eigenvalue weighted by atomic mass is 35.5. The molecule has 2 bridgehead atoms. The second-order valence-electron chi connectivity index (χ2n) is 10.3. The number of nitrogens with one attached hydrogen (secondary N) is 1. The molecule has 3 fully saturated rings. The van der Waals surface area contributed by atoms with Crippen molar-refractivity contribution < 1.29 is 43.3 Å². The van der Waals surface area contributed by atoms with E-state index in [1.807, 2.05) is 0 Å². The van der Waals surface area contributed by atoms with Gasteiger partial charge in [-0.15, -0.1) is 0 Å². The molecule has 2 aromatic rings. The minimum atomic E-state index is -4.79. The van der Waals surface area contributed by atoms with Gasteiger partial charge in [-0.1, -0.05) is 18.5 Å². The van der Waals surface area contributed by atoms with Crippen LogP contribution in [0.5, 0.6) is 0 Å². The van der Waals surface area contributed by atoms with E-state index >= 15 is 0 Å². The molecule has 0 amide bonds. The zero-order valence-corrected chi connectivity index (χ0v) is 21.9. The first kappa shape index (κ1) is 26.5. The lowest BCUT2D eigenvalue weighted by Crippen LogP contribution is -2.38. The number of aromatic nitrogens is 3. The molecule has 1 saturated heterocycles. The Morgan fingerprint density at radius 3 is 2.64 bits per heavy atom. The van der Waals surface area contributed by atoms with Crippen LogP contribution in [0.1, 0.15) is 50.8 Å². The summed E-state index contributed by atoms with van der Waals surface area (Å²) in [7, 11) is -9.39. The number of rotatable bonds is 10. The minimum Gasteiger partial charge on any atom is -0.387 e. The minimum absolute atomic E-state index is 0.0102. The van der Waals surface area contributed by atoms with E-state index in [1.54, 1.807) is 6.07 Å². The Labute approximate surface area is 211 Å². The first-order valence-corrected chi connectivity index (χ1v) is 15.6. The van der Waals surface area contributed by atoms with E-state index in [0.717, 1.165) is 30.9 Å². The van der Waals surface area contributed by atoms with E-state index in [-0.39, 0.29) is 10.7 Å². The molecule has 6 N–H and O–H groups in total. The fourth-order valence-corrected chi connectivity index (χ4v) is 8.38. The second kappa shape index (κ2) is 8.98. The predicted molar refractivity (Wildman–Crippen MR) is 128 cm³/mol. The molecule has 2 aliphatic carbocycles. The van der Waals surface area contributed by atoms with Crippen LogP contribution in [-0.2, 0) is 18.4 Å². The van der Waals surface area contributed by atoms with Crippen LogP contribution in [0.4, 0.5) is 5.69 Å². The normalized spacial score (nSPS) is 33.0. The Bertz CT molecular complexity index is 1260. The molecular formula is C20H29ClN4O9P2. The highest BCUT2D eigenvalue weighted by molar-refractivity contribution is 7.70. The van der Waals surface area contributed by atoms with Crippen molar-refractivity contribution in [2.24, 2.45) is 11.8 Å². The number of ether oxygens (including phenoxy) is 1. The molecule has 200 valence electrons. The van der Waals surface area contributed by atoms with Gasteiger partial charge in [0.15, 0.2) is 22.8 Å². The Hall–Kier alpha value is -1.11. The summed E-state index contributed by atoms with van der Waals surface area (Å²) < 4.78 is 34.5. The second-order valence-corrected chi connectivity index (χ2v) is 14.6. The number of hydrogen-bond donors (Lipinski definition) is 6. The van der Waals surface area contributed by atoms with E-state index in [0.29, 0.717) is 11.3 Å². The summed E-state index contributed by atoms with van der Waals surface area (Å²) in [6.07, 6.45) is 4.53. The van der Waals surface area contributed by atoms with Crippen LogP contribution in [0, 0.1) is 11.8 Å². The van der Waals surface area contributed by atoms with Gasteiger partial charge in [-0.05, 0) is 38.0 Å². The summed E-state index contributed by atoms with van der Waals surface area (Å²) >= 11 is 6.30. The van der Waals surface area contributed by atoms with Gasteiger partial charge in [-0.3, -0.25) is 9.13 Å². The van der Waals surface area contributed by atoms with Crippen LogP contribution in [-0.4, -0.2) is 69.4 Å². The summed E-state index contributed by atoms with van der Waals surface area (Å²) in [5.41, 5.74) is 1.59. The predicted octanol–water partition coefficient (Wildman–Crippen LogP) is 2.22. The molecule has 13 nitrogen and oxygen atoms in total. The number of epoxide rings is 1. The van der Waals surface area contributed by atoms with Crippen molar-refractivity contribution in [1.82, 2.24) is 14.6 Å². The molecule has 2 saturated carbocycles. The highest BCUT2D eigenvalue weighted by Gasteiger charge is 2.64. The summed E-state index contributed by atoms with van der Waals surface area (Å²) in [6.45, 7) is 0.877. The first-order chi connectivity index (χ1) is 16.7. The molecule has 0 radical (unpaired) electrons. The maximum Gasteiger partial charge on any atom is 0.340 e. The van der Waals surface area contributed by atoms with Gasteiger partial charge in [0, 0.05) is 17.5 Å². The lowest BCUT2D eigenvalue weighted by molar-refractivity contribution is -0.0993. The van der Waals surface area contributed by atoms with Crippen molar-refractivity contribution in [2.45, 2.75) is 62.6 Å². The summed E-state index contributed by atoms with van der Waals surface area (Å²) in [4.78, 5) is 31.9. The fraction of sp³-hybridized carbons (Fsp3) is 0.700. The number of hydrogen-bond acceptors (Lipinski definition) is 9. The third kappa shape index (κ3) is 5.11. The van der Waals surface area contributed by atoms with Gasteiger partial charge in [0.1, 0.15) is 6.10 Å². The zero-order valence-electron chi connectivity index (χ0n) is 19.4. The molecule has 0 spiro atoms. The molecule has 2 aromatic heterocycles. The van der Waals surface area contributed by atoms with Crippen LogP contribution < -0.4 is 5.32 Å². The number of aliphatic hydroxyl groups is 2. The van der Waals surface area contributed by atoms with Crippen molar-refractivity contribution in [3.8, 4) is 0 Å². The summed E-state index contributed by atoms with van der Waals surface area (Å²) in [6, 6.07) is 1.72. The Balaban J connectivity index is 1.31. The molecule has 3 aliphatic rings. The van der Waals surface area contributed by atoms with Gasteiger partial charge in [-0.25, -0.2) is 9.50 Å². The molecular weight excluding hydrogens is 538 g/mol. The van der Waals surface area contributed by atoms with Crippen LogP contribution in [0.3, 0.4) is 0 Å². The van der Waals surface area contributed by atoms with Gasteiger partial charge < -0.3 is 39.5 Å². The molecule has 3 heterocycles. The molecule has 1 unspecified atom stereocenters. The smallest absolute Gasteiger partial charge is 0.340 e. The van der Waals surface area contributed by atoms with Gasteiger partial charge in [-0.2, -0.15) is 5.10 Å². The number of anilines is 1. The topological polar surface area (TPSA) is 199 Å². The Morgan fingerprint density at radius 1 is 1.33 bits per heavy atom. The van der Waals surface area contributed by atoms with E-state index in [2.05, 4.69) is 15.4 Å². The van der Waals surface area contributed by atoms with E-state index in [4.69, 9.17) is 30.6 Å². The Kier molecular flexibility index (Phi) is 6.61. The van der Waals surface area contributed by atoms with Crippen molar-refractivity contribution in [3.63, 3.8) is 0 Å². The third-order valence-electron chi connectivity index (χ3n) is 7.36. The number of nitrogens with zero attached hydrogens (tertiary/aromatic N) is 3. The quantitative estimate of drug-likeness (QED) is 0.181. The van der Waals surface area contributed by atoms with Gasteiger partial charge >= 0.3 is 15.2 Å². The number of aliphatic hydroxyl groups excluding tert-OH is 1. The monoisotopic (exact) mass is 566 g/mol. The molecule has 5 rings (SSSR count). The lowest BCUT2D eigenvalue weighted by Gasteiger charge is -2.29. The molecule has 36 heavy (non-hydrogen) atoms. The van der Waals surface area contributed by atoms with Crippen molar-refractivity contribution in [2.75, 3.05) is 17.8 Å². The SMILES string of the molecule is C[C@H](COP(=O)(O)CP(=O)(O)O)[C@H](O)[C@@]1(O)O[C@H]1c1cnc2c(NC34CCC(CC3)C4)cc(Cl)nn12. The average Bonchev–Trinajstić information content (AvgIpc) is 3.13. The number of halogens is 1. The van der Waals surface area contributed by atoms with Crippen molar-refractivity contribution in [1.29, 1.82) is 0 Å². The van der Waals surface area contributed by atoms with E-state index < -0.39 is 51.6 Å². The molecule has 0 aromatic carbocycles. The number of imidazole rings is 1. The van der Waals surface area contributed by atoms with Gasteiger partial charge in [0.2, 0.25) is 5.79 Å². The summed E-state index contributed by atoms with van der Waals surface area (Å²) in [5.74, 6) is -3.59.